The summed E-state index contributed by atoms with van der Waals surface area (Å²) in [6, 6.07) is 0.918. The van der Waals surface area contributed by atoms with Gasteiger partial charge in [0.1, 0.15) is 11.3 Å². The first-order valence-electron chi connectivity index (χ1n) is 5.36. The van der Waals surface area contributed by atoms with E-state index in [-0.39, 0.29) is 5.69 Å². The molecule has 1 heterocycles. The van der Waals surface area contributed by atoms with Crippen LogP contribution in [0.2, 0.25) is 0 Å². The quantitative estimate of drug-likeness (QED) is 0.617. The number of carbonyl (C=O) groups is 1. The van der Waals surface area contributed by atoms with Crippen molar-refractivity contribution in [3.8, 4) is 11.6 Å². The maximum Gasteiger partial charge on any atom is 0.574 e. The van der Waals surface area contributed by atoms with E-state index < -0.39 is 42.4 Å². The number of halogens is 5. The van der Waals surface area contributed by atoms with Gasteiger partial charge in [-0.15, -0.1) is 13.2 Å². The third kappa shape index (κ3) is 4.72. The first-order chi connectivity index (χ1) is 9.67. The van der Waals surface area contributed by atoms with Crippen LogP contribution in [0.1, 0.15) is 17.7 Å². The standard InChI is InChI=1S/C11H10F5NO4/c1-19-6-3-5(4-7(18)20-2)17-10(8(6)9(12)13)21-11(14,15)16/h3,9H,4H2,1-2H3. The first-order valence-corrected chi connectivity index (χ1v) is 5.36. The maximum absolute atomic E-state index is 12.9. The zero-order chi connectivity index (χ0) is 16.2. The molecule has 0 spiro atoms. The highest BCUT2D eigenvalue weighted by Gasteiger charge is 2.36. The van der Waals surface area contributed by atoms with Crippen molar-refractivity contribution in [1.29, 1.82) is 0 Å². The van der Waals surface area contributed by atoms with Crippen molar-refractivity contribution in [2.45, 2.75) is 19.2 Å². The predicted molar refractivity (Wildman–Crippen MR) is 58.1 cm³/mol. The van der Waals surface area contributed by atoms with Crippen LogP contribution >= 0.6 is 0 Å². The summed E-state index contributed by atoms with van der Waals surface area (Å²) in [6.45, 7) is 0. The molecule has 118 valence electrons. The molecule has 5 nitrogen and oxygen atoms in total. The number of hydrogen-bond acceptors (Lipinski definition) is 5. The highest BCUT2D eigenvalue weighted by Crippen LogP contribution is 2.38. The molecular weight excluding hydrogens is 305 g/mol. The molecule has 0 saturated heterocycles. The predicted octanol–water partition coefficient (Wildman–Crippen LogP) is 2.64. The van der Waals surface area contributed by atoms with Gasteiger partial charge in [-0.05, 0) is 0 Å². The molecule has 0 saturated carbocycles. The molecule has 0 N–H and O–H groups in total. The summed E-state index contributed by atoms with van der Waals surface area (Å²) in [5, 5.41) is 0. The van der Waals surface area contributed by atoms with Crippen molar-refractivity contribution in [3.05, 3.63) is 17.3 Å². The van der Waals surface area contributed by atoms with Crippen molar-refractivity contribution in [2.75, 3.05) is 14.2 Å². The highest BCUT2D eigenvalue weighted by molar-refractivity contribution is 5.72. The van der Waals surface area contributed by atoms with E-state index in [1.807, 2.05) is 0 Å². The minimum Gasteiger partial charge on any atom is -0.496 e. The molecule has 1 aromatic heterocycles. The largest absolute Gasteiger partial charge is 0.574 e. The second kappa shape index (κ2) is 6.55. The van der Waals surface area contributed by atoms with E-state index in [4.69, 9.17) is 0 Å². The van der Waals surface area contributed by atoms with Crippen molar-refractivity contribution < 1.29 is 41.0 Å². The number of aromatic nitrogens is 1. The molecule has 0 radical (unpaired) electrons. The summed E-state index contributed by atoms with van der Waals surface area (Å²) in [6.07, 6.45) is -9.05. The van der Waals surface area contributed by atoms with Crippen LogP contribution in [0.15, 0.2) is 6.07 Å². The van der Waals surface area contributed by atoms with Crippen molar-refractivity contribution in [1.82, 2.24) is 4.98 Å². The Kier molecular flexibility index (Phi) is 5.28. The van der Waals surface area contributed by atoms with E-state index in [0.717, 1.165) is 20.3 Å². The molecular formula is C11H10F5NO4. The number of alkyl halides is 5. The van der Waals surface area contributed by atoms with Crippen LogP contribution in [0.25, 0.3) is 0 Å². The minimum atomic E-state index is -5.22. The maximum atomic E-state index is 12.9. The van der Waals surface area contributed by atoms with Gasteiger partial charge in [-0.2, -0.15) is 0 Å². The van der Waals surface area contributed by atoms with E-state index in [1.54, 1.807) is 0 Å². The molecule has 0 aliphatic carbocycles. The van der Waals surface area contributed by atoms with Crippen LogP contribution in [-0.4, -0.2) is 31.5 Å². The number of esters is 1. The summed E-state index contributed by atoms with van der Waals surface area (Å²) in [5.74, 6) is -2.75. The zero-order valence-electron chi connectivity index (χ0n) is 10.8. The van der Waals surface area contributed by atoms with Gasteiger partial charge in [-0.3, -0.25) is 4.79 Å². The molecule has 0 unspecified atom stereocenters. The number of carbonyl (C=O) groups excluding carboxylic acids is 1. The lowest BCUT2D eigenvalue weighted by atomic mass is 10.2. The van der Waals surface area contributed by atoms with Gasteiger partial charge in [0, 0.05) is 6.07 Å². The number of hydrogen-bond donors (Lipinski definition) is 0. The second-order valence-corrected chi connectivity index (χ2v) is 3.64. The van der Waals surface area contributed by atoms with Crippen LogP contribution in [0.5, 0.6) is 11.6 Å². The Morgan fingerprint density at radius 1 is 1.33 bits per heavy atom. The average molecular weight is 315 g/mol. The first kappa shape index (κ1) is 16.9. The Labute approximate surface area is 115 Å². The van der Waals surface area contributed by atoms with E-state index >= 15 is 0 Å². The molecule has 0 aromatic carbocycles. The Balaban J connectivity index is 3.33. The highest BCUT2D eigenvalue weighted by atomic mass is 19.4. The van der Waals surface area contributed by atoms with Crippen molar-refractivity contribution in [2.24, 2.45) is 0 Å². The third-order valence-electron chi connectivity index (χ3n) is 2.24. The minimum absolute atomic E-state index is 0.262. The number of nitrogens with zero attached hydrogens (tertiary/aromatic N) is 1. The van der Waals surface area contributed by atoms with Gasteiger partial charge >= 0.3 is 12.3 Å². The lowest BCUT2D eigenvalue weighted by Gasteiger charge is -2.16. The molecule has 0 aliphatic rings. The fourth-order valence-corrected chi connectivity index (χ4v) is 1.43. The Hall–Kier alpha value is -2.13. The second-order valence-electron chi connectivity index (χ2n) is 3.64. The number of pyridine rings is 1. The van der Waals surface area contributed by atoms with E-state index in [9.17, 15) is 26.7 Å². The molecule has 10 heteroatoms. The van der Waals surface area contributed by atoms with Crippen molar-refractivity contribution >= 4 is 5.97 Å². The fourth-order valence-electron chi connectivity index (χ4n) is 1.43. The van der Waals surface area contributed by atoms with Crippen LogP contribution in [0.4, 0.5) is 22.0 Å². The van der Waals surface area contributed by atoms with Gasteiger partial charge in [-0.25, -0.2) is 13.8 Å². The van der Waals surface area contributed by atoms with Crippen LogP contribution in [-0.2, 0) is 16.0 Å². The van der Waals surface area contributed by atoms with E-state index in [2.05, 4.69) is 19.2 Å². The summed E-state index contributed by atoms with van der Waals surface area (Å²) >= 11 is 0. The molecule has 1 rings (SSSR count). The topological polar surface area (TPSA) is 57.7 Å². The molecule has 0 fully saturated rings. The molecule has 0 aliphatic heterocycles. The van der Waals surface area contributed by atoms with Crippen LogP contribution in [0, 0.1) is 0 Å². The SMILES string of the molecule is COC(=O)Cc1cc(OC)c(C(F)F)c(OC(F)(F)F)n1. The van der Waals surface area contributed by atoms with Gasteiger partial charge in [0.2, 0.25) is 5.88 Å². The summed E-state index contributed by atoms with van der Waals surface area (Å²) < 4.78 is 74.8. The Bertz CT molecular complexity index is 518. The Morgan fingerprint density at radius 2 is 1.95 bits per heavy atom. The number of methoxy groups -OCH3 is 2. The van der Waals surface area contributed by atoms with Crippen LogP contribution in [0.3, 0.4) is 0 Å². The molecule has 1 aromatic rings. The third-order valence-corrected chi connectivity index (χ3v) is 2.24. The van der Waals surface area contributed by atoms with E-state index in [1.165, 1.54) is 0 Å². The number of ether oxygens (including phenoxy) is 3. The summed E-state index contributed by atoms with van der Waals surface area (Å²) in [5.41, 5.74) is -1.41. The number of rotatable bonds is 5. The van der Waals surface area contributed by atoms with Crippen LogP contribution < -0.4 is 9.47 Å². The molecule has 0 atom stereocenters. The normalized spacial score (nSPS) is 11.4. The van der Waals surface area contributed by atoms with Gasteiger partial charge in [-0.1, -0.05) is 0 Å². The molecule has 21 heavy (non-hydrogen) atoms. The molecule has 0 bridgehead atoms. The fraction of sp³-hybridized carbons (Fsp3) is 0.455. The molecule has 0 amide bonds. The van der Waals surface area contributed by atoms with E-state index in [0.29, 0.717) is 0 Å². The lowest BCUT2D eigenvalue weighted by molar-refractivity contribution is -0.276. The smallest absolute Gasteiger partial charge is 0.496 e. The summed E-state index contributed by atoms with van der Waals surface area (Å²) in [4.78, 5) is 14.4. The van der Waals surface area contributed by atoms with Gasteiger partial charge < -0.3 is 14.2 Å². The van der Waals surface area contributed by atoms with Gasteiger partial charge in [0.25, 0.3) is 6.43 Å². The average Bonchev–Trinajstić information content (AvgIpc) is 2.35. The van der Waals surface area contributed by atoms with Gasteiger partial charge in [0.05, 0.1) is 26.3 Å². The summed E-state index contributed by atoms with van der Waals surface area (Å²) in [7, 11) is 2.04. The monoisotopic (exact) mass is 315 g/mol. The van der Waals surface area contributed by atoms with Gasteiger partial charge in [0.15, 0.2) is 0 Å². The lowest BCUT2D eigenvalue weighted by Crippen LogP contribution is -2.20. The zero-order valence-corrected chi connectivity index (χ0v) is 10.8. The van der Waals surface area contributed by atoms with Crippen molar-refractivity contribution in [3.63, 3.8) is 0 Å². The Morgan fingerprint density at radius 3 is 2.38 bits per heavy atom.